The molecule has 4 nitrogen and oxygen atoms in total. The van der Waals surface area contributed by atoms with Crippen molar-refractivity contribution >= 4 is 23.2 Å². The van der Waals surface area contributed by atoms with Crippen LogP contribution in [0.5, 0.6) is 0 Å². The summed E-state index contributed by atoms with van der Waals surface area (Å²) in [4.78, 5) is 20.0. The molecule has 32 heavy (non-hydrogen) atoms. The Balaban J connectivity index is 1.55. The molecule has 0 N–H and O–H groups in total. The van der Waals surface area contributed by atoms with Crippen molar-refractivity contribution in [2.24, 2.45) is 5.16 Å². The van der Waals surface area contributed by atoms with Crippen molar-refractivity contribution in [2.45, 2.75) is 19.1 Å². The van der Waals surface area contributed by atoms with Gasteiger partial charge in [0.05, 0.1) is 12.3 Å². The second-order valence-corrected chi connectivity index (χ2v) is 7.79. The molecular formula is C24H18ClF3N2O2. The highest BCUT2D eigenvalue weighted by molar-refractivity contribution is 6.34. The molecule has 164 valence electrons. The SMILES string of the molecule is O=C(c1cccc(F)c1)N(Cc1ccc(F)cc1F)C[C@@H]1CC(c2ccccc2Cl)=NO1. The van der Waals surface area contributed by atoms with Gasteiger partial charge in [-0.15, -0.1) is 0 Å². The zero-order chi connectivity index (χ0) is 22.7. The number of nitrogens with zero attached hydrogens (tertiary/aromatic N) is 2. The monoisotopic (exact) mass is 458 g/mol. The van der Waals surface area contributed by atoms with Crippen LogP contribution in [0.3, 0.4) is 0 Å². The molecule has 0 spiro atoms. The first-order valence-corrected chi connectivity index (χ1v) is 10.2. The average molecular weight is 459 g/mol. The molecule has 3 aromatic carbocycles. The van der Waals surface area contributed by atoms with E-state index in [0.29, 0.717) is 17.2 Å². The first-order valence-electron chi connectivity index (χ1n) is 9.87. The van der Waals surface area contributed by atoms with Crippen LogP contribution < -0.4 is 0 Å². The minimum absolute atomic E-state index is 0.0591. The van der Waals surface area contributed by atoms with E-state index in [9.17, 15) is 18.0 Å². The number of hydrogen-bond acceptors (Lipinski definition) is 3. The summed E-state index contributed by atoms with van der Waals surface area (Å²) in [7, 11) is 0. The van der Waals surface area contributed by atoms with E-state index >= 15 is 0 Å². The molecule has 8 heteroatoms. The van der Waals surface area contributed by atoms with Crippen molar-refractivity contribution in [3.05, 3.63) is 106 Å². The Hall–Kier alpha value is -3.32. The van der Waals surface area contributed by atoms with Crippen LogP contribution in [0.1, 0.15) is 27.9 Å². The van der Waals surface area contributed by atoms with E-state index < -0.39 is 29.5 Å². The number of hydrogen-bond donors (Lipinski definition) is 0. The minimum atomic E-state index is -0.776. The molecule has 0 aliphatic carbocycles. The lowest BCUT2D eigenvalue weighted by atomic mass is 10.0. The Labute approximate surface area is 187 Å². The smallest absolute Gasteiger partial charge is 0.254 e. The average Bonchev–Trinajstić information content (AvgIpc) is 3.23. The van der Waals surface area contributed by atoms with Gasteiger partial charge < -0.3 is 9.74 Å². The summed E-state index contributed by atoms with van der Waals surface area (Å²) in [6.45, 7) is -0.0909. The van der Waals surface area contributed by atoms with Crippen LogP contribution in [0.15, 0.2) is 71.9 Å². The van der Waals surface area contributed by atoms with E-state index in [1.54, 1.807) is 12.1 Å². The van der Waals surface area contributed by atoms with Gasteiger partial charge in [-0.25, -0.2) is 13.2 Å². The number of carbonyl (C=O) groups is 1. The van der Waals surface area contributed by atoms with E-state index in [1.807, 2.05) is 12.1 Å². The fraction of sp³-hybridized carbons (Fsp3) is 0.167. The first kappa shape index (κ1) is 21.9. The van der Waals surface area contributed by atoms with Gasteiger partial charge in [0.15, 0.2) is 6.10 Å². The molecule has 0 saturated carbocycles. The maximum atomic E-state index is 14.3. The molecule has 0 saturated heterocycles. The maximum Gasteiger partial charge on any atom is 0.254 e. The third kappa shape index (κ3) is 4.94. The van der Waals surface area contributed by atoms with Crippen LogP contribution in [0.25, 0.3) is 0 Å². The lowest BCUT2D eigenvalue weighted by Gasteiger charge is -2.25. The van der Waals surface area contributed by atoms with Crippen LogP contribution in [-0.4, -0.2) is 29.2 Å². The molecule has 3 aromatic rings. The Morgan fingerprint density at radius 2 is 1.81 bits per heavy atom. The molecule has 0 radical (unpaired) electrons. The quantitative estimate of drug-likeness (QED) is 0.483. The van der Waals surface area contributed by atoms with Crippen molar-refractivity contribution in [3.8, 4) is 0 Å². The number of benzene rings is 3. The molecular weight excluding hydrogens is 441 g/mol. The number of oxime groups is 1. The number of amides is 1. The van der Waals surface area contributed by atoms with Gasteiger partial charge in [0.25, 0.3) is 5.91 Å². The highest BCUT2D eigenvalue weighted by Gasteiger charge is 2.28. The number of rotatable bonds is 6. The maximum absolute atomic E-state index is 14.3. The highest BCUT2D eigenvalue weighted by atomic mass is 35.5. The largest absolute Gasteiger partial charge is 0.390 e. The van der Waals surface area contributed by atoms with Crippen LogP contribution in [0, 0.1) is 17.5 Å². The van der Waals surface area contributed by atoms with Crippen molar-refractivity contribution in [1.29, 1.82) is 0 Å². The number of halogens is 4. The third-order valence-corrected chi connectivity index (χ3v) is 5.41. The van der Waals surface area contributed by atoms with E-state index in [1.165, 1.54) is 29.2 Å². The van der Waals surface area contributed by atoms with Gasteiger partial charge >= 0.3 is 0 Å². The molecule has 0 aromatic heterocycles. The summed E-state index contributed by atoms with van der Waals surface area (Å²) >= 11 is 6.23. The first-order chi connectivity index (χ1) is 15.4. The Bertz CT molecular complexity index is 1190. The van der Waals surface area contributed by atoms with Gasteiger partial charge in [-0.1, -0.05) is 47.1 Å². The summed E-state index contributed by atoms with van der Waals surface area (Å²) in [6, 6.07) is 15.6. The fourth-order valence-corrected chi connectivity index (χ4v) is 3.75. The second kappa shape index (κ2) is 9.44. The van der Waals surface area contributed by atoms with Crippen LogP contribution in [-0.2, 0) is 11.4 Å². The van der Waals surface area contributed by atoms with Crippen molar-refractivity contribution in [2.75, 3.05) is 6.54 Å². The topological polar surface area (TPSA) is 41.9 Å². The lowest BCUT2D eigenvalue weighted by Crippen LogP contribution is -2.37. The van der Waals surface area contributed by atoms with E-state index in [0.717, 1.165) is 23.8 Å². The Morgan fingerprint density at radius 1 is 1.03 bits per heavy atom. The molecule has 1 aliphatic heterocycles. The fourth-order valence-electron chi connectivity index (χ4n) is 3.51. The van der Waals surface area contributed by atoms with E-state index in [4.69, 9.17) is 16.4 Å². The normalized spacial score (nSPS) is 15.2. The summed E-state index contributed by atoms with van der Waals surface area (Å²) in [5.74, 6) is -2.57. The highest BCUT2D eigenvalue weighted by Crippen LogP contribution is 2.24. The van der Waals surface area contributed by atoms with Crippen LogP contribution >= 0.6 is 11.6 Å². The summed E-state index contributed by atoms with van der Waals surface area (Å²) in [6.07, 6.45) is -0.134. The van der Waals surface area contributed by atoms with Gasteiger partial charge in [-0.05, 0) is 30.3 Å². The molecule has 1 aliphatic rings. The van der Waals surface area contributed by atoms with Crippen molar-refractivity contribution in [1.82, 2.24) is 4.90 Å². The van der Waals surface area contributed by atoms with Crippen LogP contribution in [0.2, 0.25) is 5.02 Å². The van der Waals surface area contributed by atoms with Crippen LogP contribution in [0.4, 0.5) is 13.2 Å². The molecule has 0 fully saturated rings. The third-order valence-electron chi connectivity index (χ3n) is 5.08. The predicted molar refractivity (Wildman–Crippen MR) is 115 cm³/mol. The molecule has 4 rings (SSSR count). The van der Waals surface area contributed by atoms with E-state index in [-0.39, 0.29) is 24.2 Å². The Kier molecular flexibility index (Phi) is 6.46. The van der Waals surface area contributed by atoms with Gasteiger partial charge in [-0.2, -0.15) is 0 Å². The van der Waals surface area contributed by atoms with Gasteiger partial charge in [0, 0.05) is 40.7 Å². The van der Waals surface area contributed by atoms with E-state index in [2.05, 4.69) is 5.16 Å². The molecule has 0 bridgehead atoms. The molecule has 1 heterocycles. The summed E-state index contributed by atoms with van der Waals surface area (Å²) < 4.78 is 41.3. The minimum Gasteiger partial charge on any atom is -0.390 e. The molecule has 0 unspecified atom stereocenters. The zero-order valence-electron chi connectivity index (χ0n) is 16.8. The van der Waals surface area contributed by atoms with Gasteiger partial charge in [-0.3, -0.25) is 4.79 Å². The Morgan fingerprint density at radius 3 is 2.56 bits per heavy atom. The lowest BCUT2D eigenvalue weighted by molar-refractivity contribution is 0.0402. The molecule has 1 amide bonds. The van der Waals surface area contributed by atoms with Crippen molar-refractivity contribution in [3.63, 3.8) is 0 Å². The predicted octanol–water partition coefficient (Wildman–Crippen LogP) is 5.59. The number of carbonyl (C=O) groups excluding carboxylic acids is 1. The van der Waals surface area contributed by atoms with Crippen molar-refractivity contribution < 1.29 is 22.8 Å². The van der Waals surface area contributed by atoms with Gasteiger partial charge in [0.2, 0.25) is 0 Å². The standard InChI is InChI=1S/C24H18ClF3N2O2/c25-21-7-2-1-6-20(21)23-12-19(32-29-23)14-30(13-16-8-9-18(27)11-22(16)28)24(31)15-4-3-5-17(26)10-15/h1-11,19H,12-14H2/t19-/m0/s1. The summed E-state index contributed by atoms with van der Waals surface area (Å²) in [5, 5.41) is 4.62. The summed E-state index contributed by atoms with van der Waals surface area (Å²) in [5.41, 5.74) is 1.59. The second-order valence-electron chi connectivity index (χ2n) is 7.38. The molecule has 1 atom stereocenters. The zero-order valence-corrected chi connectivity index (χ0v) is 17.5. The van der Waals surface area contributed by atoms with Gasteiger partial charge in [0.1, 0.15) is 17.5 Å².